The minimum absolute atomic E-state index is 0.232. The molecule has 2 aromatic heterocycles. The number of aryl methyl sites for hydroxylation is 2. The SMILES string of the molecule is COc1ccc2c(c1)-c1sc(C(=O)Nc3ccc(OC)nc3)nc1CCC2. The van der Waals surface area contributed by atoms with Gasteiger partial charge in [-0.2, -0.15) is 0 Å². The lowest BCUT2D eigenvalue weighted by Gasteiger charge is -2.08. The molecule has 3 aromatic rings. The number of anilines is 1. The molecule has 7 heteroatoms. The maximum Gasteiger partial charge on any atom is 0.284 e. The molecule has 1 N–H and O–H groups in total. The Kier molecular flexibility index (Phi) is 4.77. The van der Waals surface area contributed by atoms with Crippen molar-refractivity contribution in [1.29, 1.82) is 0 Å². The van der Waals surface area contributed by atoms with E-state index in [2.05, 4.69) is 21.4 Å². The normalized spacial score (nSPS) is 12.5. The van der Waals surface area contributed by atoms with Crippen molar-refractivity contribution >= 4 is 22.9 Å². The predicted molar refractivity (Wildman–Crippen MR) is 105 cm³/mol. The quantitative estimate of drug-likeness (QED) is 0.740. The maximum atomic E-state index is 12.7. The maximum absolute atomic E-state index is 12.7. The van der Waals surface area contributed by atoms with E-state index in [9.17, 15) is 4.79 Å². The minimum atomic E-state index is -0.232. The van der Waals surface area contributed by atoms with Crippen LogP contribution in [0, 0.1) is 0 Å². The van der Waals surface area contributed by atoms with Crippen LogP contribution in [-0.2, 0) is 12.8 Å². The Hall–Kier alpha value is -2.93. The molecule has 0 fully saturated rings. The zero-order chi connectivity index (χ0) is 18.8. The number of carbonyl (C=O) groups is 1. The average molecular weight is 381 g/mol. The van der Waals surface area contributed by atoms with E-state index in [1.54, 1.807) is 32.5 Å². The van der Waals surface area contributed by atoms with Crippen molar-refractivity contribution in [3.63, 3.8) is 0 Å². The van der Waals surface area contributed by atoms with Crippen LogP contribution < -0.4 is 14.8 Å². The molecule has 138 valence electrons. The molecule has 2 heterocycles. The van der Waals surface area contributed by atoms with Crippen LogP contribution in [0.1, 0.15) is 27.5 Å². The summed E-state index contributed by atoms with van der Waals surface area (Å²) in [5, 5.41) is 3.30. The second-order valence-corrected chi connectivity index (χ2v) is 7.21. The van der Waals surface area contributed by atoms with Gasteiger partial charge in [0, 0.05) is 11.6 Å². The fourth-order valence-corrected chi connectivity index (χ4v) is 4.20. The standard InChI is InChI=1S/C20H19N3O3S/c1-25-14-8-6-12-4-3-5-16-18(15(12)10-14)27-20(23-16)19(24)22-13-7-9-17(26-2)21-11-13/h6-11H,3-5H2,1-2H3,(H,22,24). The summed E-state index contributed by atoms with van der Waals surface area (Å²) in [4.78, 5) is 22.4. The van der Waals surface area contributed by atoms with E-state index in [0.717, 1.165) is 41.1 Å². The third kappa shape index (κ3) is 3.50. The molecule has 0 aliphatic heterocycles. The Morgan fingerprint density at radius 3 is 2.78 bits per heavy atom. The highest BCUT2D eigenvalue weighted by Crippen LogP contribution is 2.38. The van der Waals surface area contributed by atoms with Gasteiger partial charge in [-0.1, -0.05) is 6.07 Å². The number of pyridine rings is 1. The Morgan fingerprint density at radius 1 is 1.15 bits per heavy atom. The third-order valence-corrected chi connectivity index (χ3v) is 5.65. The number of thiazole rings is 1. The van der Waals surface area contributed by atoms with Gasteiger partial charge >= 0.3 is 0 Å². The molecule has 4 rings (SSSR count). The van der Waals surface area contributed by atoms with Gasteiger partial charge in [-0.05, 0) is 43.0 Å². The van der Waals surface area contributed by atoms with Crippen LogP contribution in [-0.4, -0.2) is 30.1 Å². The molecule has 0 saturated heterocycles. The zero-order valence-corrected chi connectivity index (χ0v) is 15.9. The average Bonchev–Trinajstić information content (AvgIpc) is 3.05. The first-order valence-corrected chi connectivity index (χ1v) is 9.48. The molecule has 1 amide bonds. The summed E-state index contributed by atoms with van der Waals surface area (Å²) < 4.78 is 10.4. The molecule has 0 radical (unpaired) electrons. The van der Waals surface area contributed by atoms with Crippen molar-refractivity contribution in [1.82, 2.24) is 9.97 Å². The van der Waals surface area contributed by atoms with E-state index in [1.165, 1.54) is 16.9 Å². The fourth-order valence-electron chi connectivity index (χ4n) is 3.15. The predicted octanol–water partition coefficient (Wildman–Crippen LogP) is 3.96. The van der Waals surface area contributed by atoms with Gasteiger partial charge in [0.15, 0.2) is 5.01 Å². The summed E-state index contributed by atoms with van der Waals surface area (Å²) in [5.41, 5.74) is 3.97. The summed E-state index contributed by atoms with van der Waals surface area (Å²) in [7, 11) is 3.21. The first-order valence-electron chi connectivity index (χ1n) is 8.66. The summed E-state index contributed by atoms with van der Waals surface area (Å²) in [5.74, 6) is 1.08. The molecule has 1 aromatic carbocycles. The number of benzene rings is 1. The lowest BCUT2D eigenvalue weighted by Crippen LogP contribution is -2.12. The third-order valence-electron chi connectivity index (χ3n) is 4.52. The number of nitrogens with zero attached hydrogens (tertiary/aromatic N) is 2. The van der Waals surface area contributed by atoms with Crippen LogP contribution in [0.2, 0.25) is 0 Å². The minimum Gasteiger partial charge on any atom is -0.497 e. The topological polar surface area (TPSA) is 73.3 Å². The molecule has 6 nitrogen and oxygen atoms in total. The number of ether oxygens (including phenoxy) is 2. The second kappa shape index (κ2) is 7.36. The first-order chi connectivity index (χ1) is 13.2. The van der Waals surface area contributed by atoms with E-state index in [0.29, 0.717) is 16.6 Å². The van der Waals surface area contributed by atoms with Crippen molar-refractivity contribution < 1.29 is 14.3 Å². The summed E-state index contributed by atoms with van der Waals surface area (Å²) >= 11 is 1.42. The van der Waals surface area contributed by atoms with Crippen molar-refractivity contribution in [2.75, 3.05) is 19.5 Å². The van der Waals surface area contributed by atoms with E-state index < -0.39 is 0 Å². The van der Waals surface area contributed by atoms with Gasteiger partial charge in [0.2, 0.25) is 5.88 Å². The van der Waals surface area contributed by atoms with E-state index in [-0.39, 0.29) is 5.91 Å². The van der Waals surface area contributed by atoms with Crippen LogP contribution in [0.25, 0.3) is 10.4 Å². The zero-order valence-electron chi connectivity index (χ0n) is 15.1. The number of methoxy groups -OCH3 is 2. The number of fused-ring (bicyclic) bond motifs is 3. The number of hydrogen-bond acceptors (Lipinski definition) is 6. The number of aromatic nitrogens is 2. The first kappa shape index (κ1) is 17.5. The largest absolute Gasteiger partial charge is 0.497 e. The summed E-state index contributed by atoms with van der Waals surface area (Å²) in [6.07, 6.45) is 4.44. The highest BCUT2D eigenvalue weighted by atomic mass is 32.1. The van der Waals surface area contributed by atoms with Crippen molar-refractivity contribution in [2.45, 2.75) is 19.3 Å². The van der Waals surface area contributed by atoms with Crippen molar-refractivity contribution in [2.24, 2.45) is 0 Å². The Bertz CT molecular complexity index is 983. The van der Waals surface area contributed by atoms with Crippen LogP contribution in [0.5, 0.6) is 11.6 Å². The molecule has 0 bridgehead atoms. The lowest BCUT2D eigenvalue weighted by molar-refractivity contribution is 0.102. The van der Waals surface area contributed by atoms with Crippen LogP contribution >= 0.6 is 11.3 Å². The second-order valence-electron chi connectivity index (χ2n) is 6.21. The number of carbonyl (C=O) groups excluding carboxylic acids is 1. The number of nitrogens with one attached hydrogen (secondary N) is 1. The summed E-state index contributed by atoms with van der Waals surface area (Å²) in [6.45, 7) is 0. The van der Waals surface area contributed by atoms with Gasteiger partial charge < -0.3 is 14.8 Å². The number of amides is 1. The fraction of sp³-hybridized carbons (Fsp3) is 0.250. The van der Waals surface area contributed by atoms with Gasteiger partial charge in [0.05, 0.1) is 36.7 Å². The number of rotatable bonds is 4. The molecule has 0 spiro atoms. The molecule has 0 saturated carbocycles. The van der Waals surface area contributed by atoms with Crippen molar-refractivity contribution in [3.8, 4) is 22.1 Å². The molecular weight excluding hydrogens is 362 g/mol. The summed E-state index contributed by atoms with van der Waals surface area (Å²) in [6, 6.07) is 9.57. The monoisotopic (exact) mass is 381 g/mol. The van der Waals surface area contributed by atoms with Crippen LogP contribution in [0.4, 0.5) is 5.69 Å². The van der Waals surface area contributed by atoms with E-state index in [1.807, 2.05) is 12.1 Å². The van der Waals surface area contributed by atoms with Crippen LogP contribution in [0.15, 0.2) is 36.5 Å². The molecule has 0 unspecified atom stereocenters. The van der Waals surface area contributed by atoms with Gasteiger partial charge in [-0.3, -0.25) is 4.79 Å². The highest BCUT2D eigenvalue weighted by molar-refractivity contribution is 7.17. The smallest absolute Gasteiger partial charge is 0.284 e. The van der Waals surface area contributed by atoms with Gasteiger partial charge in [0.25, 0.3) is 5.91 Å². The Morgan fingerprint density at radius 2 is 2.04 bits per heavy atom. The molecule has 1 aliphatic rings. The highest BCUT2D eigenvalue weighted by Gasteiger charge is 2.22. The molecule has 27 heavy (non-hydrogen) atoms. The van der Waals surface area contributed by atoms with Gasteiger partial charge in [-0.25, -0.2) is 9.97 Å². The molecule has 0 atom stereocenters. The molecule has 1 aliphatic carbocycles. The number of hydrogen-bond donors (Lipinski definition) is 1. The Labute approximate surface area is 161 Å². The van der Waals surface area contributed by atoms with Crippen molar-refractivity contribution in [3.05, 3.63) is 52.8 Å². The Balaban J connectivity index is 1.63. The van der Waals surface area contributed by atoms with Crippen LogP contribution in [0.3, 0.4) is 0 Å². The molecular formula is C20H19N3O3S. The van der Waals surface area contributed by atoms with E-state index >= 15 is 0 Å². The lowest BCUT2D eigenvalue weighted by atomic mass is 10.0. The van der Waals surface area contributed by atoms with Gasteiger partial charge in [0.1, 0.15) is 5.75 Å². The van der Waals surface area contributed by atoms with E-state index in [4.69, 9.17) is 9.47 Å². The van der Waals surface area contributed by atoms with Gasteiger partial charge in [-0.15, -0.1) is 11.3 Å².